The number of likely N-dealkylation sites (tertiary alicyclic amines) is 1. The first-order valence-electron chi connectivity index (χ1n) is 6.67. The molecule has 3 N–H and O–H groups in total. The summed E-state index contributed by atoms with van der Waals surface area (Å²) in [6.07, 6.45) is 4.30. The number of hydrogen-bond acceptors (Lipinski definition) is 3. The summed E-state index contributed by atoms with van der Waals surface area (Å²) in [5.74, 6) is 0.110. The van der Waals surface area contributed by atoms with E-state index in [4.69, 9.17) is 5.73 Å². The molecule has 1 aliphatic rings. The lowest BCUT2D eigenvalue weighted by Crippen LogP contribution is -2.48. The molecule has 1 saturated heterocycles. The normalized spacial score (nSPS) is 20.0. The van der Waals surface area contributed by atoms with Gasteiger partial charge < -0.3 is 11.1 Å². The average Bonchev–Trinajstić information content (AvgIpc) is 2.24. The fourth-order valence-electron chi connectivity index (χ4n) is 2.33. The van der Waals surface area contributed by atoms with Gasteiger partial charge in [0.25, 0.3) is 0 Å². The number of nitrogens with two attached hydrogens (primary N) is 1. The van der Waals surface area contributed by atoms with Gasteiger partial charge in [-0.2, -0.15) is 0 Å². The zero-order valence-electron chi connectivity index (χ0n) is 11.5. The Balaban J connectivity index is 2.42. The van der Waals surface area contributed by atoms with Crippen LogP contribution in [0, 0.1) is 0 Å². The number of amides is 1. The number of rotatable bonds is 4. The molecule has 17 heavy (non-hydrogen) atoms. The van der Waals surface area contributed by atoms with E-state index in [9.17, 15) is 4.79 Å². The lowest BCUT2D eigenvalue weighted by molar-refractivity contribution is -0.123. The molecule has 0 aliphatic carbocycles. The highest BCUT2D eigenvalue weighted by molar-refractivity contribution is 5.77. The Morgan fingerprint density at radius 3 is 2.35 bits per heavy atom. The van der Waals surface area contributed by atoms with Crippen molar-refractivity contribution in [1.82, 2.24) is 10.2 Å². The molecule has 0 aromatic rings. The van der Waals surface area contributed by atoms with Crippen molar-refractivity contribution in [3.63, 3.8) is 0 Å². The minimum atomic E-state index is -0.155. The molecule has 100 valence electrons. The van der Waals surface area contributed by atoms with E-state index in [1.165, 1.54) is 19.3 Å². The summed E-state index contributed by atoms with van der Waals surface area (Å²) in [6, 6.07) is 0.206. The van der Waals surface area contributed by atoms with Gasteiger partial charge in [-0.3, -0.25) is 9.69 Å². The topological polar surface area (TPSA) is 58.4 Å². The first-order chi connectivity index (χ1) is 7.92. The number of nitrogens with one attached hydrogen (secondary N) is 1. The number of carbonyl (C=O) groups is 1. The molecule has 0 bridgehead atoms. The van der Waals surface area contributed by atoms with Crippen LogP contribution in [0.15, 0.2) is 0 Å². The second-order valence-corrected chi connectivity index (χ2v) is 5.99. The lowest BCUT2D eigenvalue weighted by Gasteiger charge is -2.34. The average molecular weight is 241 g/mol. The molecular formula is C13H27N3O. The minimum Gasteiger partial charge on any atom is -0.351 e. The van der Waals surface area contributed by atoms with Crippen LogP contribution in [0.2, 0.25) is 0 Å². The van der Waals surface area contributed by atoms with Gasteiger partial charge in [0.1, 0.15) is 0 Å². The summed E-state index contributed by atoms with van der Waals surface area (Å²) in [5.41, 5.74) is 5.64. The van der Waals surface area contributed by atoms with Crippen LogP contribution in [0.25, 0.3) is 0 Å². The molecule has 4 heteroatoms. The minimum absolute atomic E-state index is 0.110. The van der Waals surface area contributed by atoms with E-state index in [0.29, 0.717) is 13.0 Å². The third-order valence-electron chi connectivity index (χ3n) is 3.11. The van der Waals surface area contributed by atoms with Crippen LogP contribution in [-0.2, 0) is 4.79 Å². The Morgan fingerprint density at radius 1 is 1.29 bits per heavy atom. The fourth-order valence-corrected chi connectivity index (χ4v) is 2.33. The summed E-state index contributed by atoms with van der Waals surface area (Å²) < 4.78 is 0. The molecule has 1 unspecified atom stereocenters. The van der Waals surface area contributed by atoms with Gasteiger partial charge in [-0.25, -0.2) is 0 Å². The summed E-state index contributed by atoms with van der Waals surface area (Å²) >= 11 is 0. The standard InChI is InChI=1S/C13H27N3O/c1-13(2,3)15-12(17)9-11(10-14)16-7-5-4-6-8-16/h11H,4-10,14H2,1-3H3,(H,15,17). The smallest absolute Gasteiger partial charge is 0.222 e. The Hall–Kier alpha value is -0.610. The van der Waals surface area contributed by atoms with E-state index < -0.39 is 0 Å². The Morgan fingerprint density at radius 2 is 1.88 bits per heavy atom. The first kappa shape index (κ1) is 14.5. The molecule has 1 heterocycles. The van der Waals surface area contributed by atoms with E-state index in [1.54, 1.807) is 0 Å². The Labute approximate surface area is 105 Å². The van der Waals surface area contributed by atoms with E-state index in [2.05, 4.69) is 10.2 Å². The van der Waals surface area contributed by atoms with Crippen molar-refractivity contribution in [3.05, 3.63) is 0 Å². The molecule has 4 nitrogen and oxygen atoms in total. The second-order valence-electron chi connectivity index (χ2n) is 5.99. The maximum Gasteiger partial charge on any atom is 0.222 e. The number of nitrogens with zero attached hydrogens (tertiary/aromatic N) is 1. The van der Waals surface area contributed by atoms with Crippen molar-refractivity contribution in [2.24, 2.45) is 5.73 Å². The van der Waals surface area contributed by atoms with Gasteiger partial charge in [0.15, 0.2) is 0 Å². The van der Waals surface area contributed by atoms with Crippen LogP contribution in [0.4, 0.5) is 0 Å². The van der Waals surface area contributed by atoms with Gasteiger partial charge in [0, 0.05) is 24.5 Å². The summed E-state index contributed by atoms with van der Waals surface area (Å²) in [6.45, 7) is 8.75. The third kappa shape index (κ3) is 5.50. The third-order valence-corrected chi connectivity index (χ3v) is 3.11. The van der Waals surface area contributed by atoms with Crippen molar-refractivity contribution < 1.29 is 4.79 Å². The van der Waals surface area contributed by atoms with Gasteiger partial charge >= 0.3 is 0 Å². The molecule has 0 aromatic carbocycles. The Bertz CT molecular complexity index is 242. The number of carbonyl (C=O) groups excluding carboxylic acids is 1. The van der Waals surface area contributed by atoms with E-state index in [-0.39, 0.29) is 17.5 Å². The van der Waals surface area contributed by atoms with Crippen LogP contribution in [0.3, 0.4) is 0 Å². The first-order valence-corrected chi connectivity index (χ1v) is 6.67. The second kappa shape index (κ2) is 6.36. The van der Waals surface area contributed by atoms with Crippen LogP contribution in [0.5, 0.6) is 0 Å². The van der Waals surface area contributed by atoms with Crippen molar-refractivity contribution in [1.29, 1.82) is 0 Å². The van der Waals surface area contributed by atoms with Gasteiger partial charge in [0.05, 0.1) is 0 Å². The predicted molar refractivity (Wildman–Crippen MR) is 70.8 cm³/mol. The Kier molecular flexibility index (Phi) is 5.40. The van der Waals surface area contributed by atoms with E-state index >= 15 is 0 Å². The summed E-state index contributed by atoms with van der Waals surface area (Å²) in [7, 11) is 0. The zero-order chi connectivity index (χ0) is 12.9. The van der Waals surface area contributed by atoms with Crippen molar-refractivity contribution in [2.45, 2.75) is 58.0 Å². The predicted octanol–water partition coefficient (Wildman–Crippen LogP) is 1.10. The highest BCUT2D eigenvalue weighted by Crippen LogP contribution is 2.14. The number of hydrogen-bond donors (Lipinski definition) is 2. The highest BCUT2D eigenvalue weighted by Gasteiger charge is 2.23. The van der Waals surface area contributed by atoms with Crippen LogP contribution < -0.4 is 11.1 Å². The molecule has 0 saturated carbocycles. The van der Waals surface area contributed by atoms with Crippen molar-refractivity contribution in [2.75, 3.05) is 19.6 Å². The molecule has 0 spiro atoms. The monoisotopic (exact) mass is 241 g/mol. The van der Waals surface area contributed by atoms with Crippen LogP contribution in [-0.4, -0.2) is 42.0 Å². The molecule has 1 rings (SSSR count). The summed E-state index contributed by atoms with van der Waals surface area (Å²) in [4.78, 5) is 14.2. The van der Waals surface area contributed by atoms with Gasteiger partial charge in [-0.1, -0.05) is 6.42 Å². The molecule has 1 atom stereocenters. The van der Waals surface area contributed by atoms with Crippen molar-refractivity contribution >= 4 is 5.91 Å². The molecule has 0 radical (unpaired) electrons. The quantitative estimate of drug-likeness (QED) is 0.775. The number of piperidine rings is 1. The van der Waals surface area contributed by atoms with Gasteiger partial charge in [-0.05, 0) is 46.7 Å². The van der Waals surface area contributed by atoms with Gasteiger partial charge in [0.2, 0.25) is 5.91 Å². The maximum atomic E-state index is 11.9. The lowest BCUT2D eigenvalue weighted by atomic mass is 10.0. The molecule has 1 fully saturated rings. The molecular weight excluding hydrogens is 214 g/mol. The molecule has 1 aliphatic heterocycles. The maximum absolute atomic E-state index is 11.9. The largest absolute Gasteiger partial charge is 0.351 e. The molecule has 1 amide bonds. The molecule has 0 aromatic heterocycles. The highest BCUT2D eigenvalue weighted by atomic mass is 16.1. The fraction of sp³-hybridized carbons (Fsp3) is 0.923. The van der Waals surface area contributed by atoms with Crippen LogP contribution in [0.1, 0.15) is 46.5 Å². The summed E-state index contributed by atoms with van der Waals surface area (Å²) in [5, 5.41) is 3.00. The van der Waals surface area contributed by atoms with Crippen LogP contribution >= 0.6 is 0 Å². The zero-order valence-corrected chi connectivity index (χ0v) is 11.5. The van der Waals surface area contributed by atoms with E-state index in [1.807, 2.05) is 20.8 Å². The van der Waals surface area contributed by atoms with E-state index in [0.717, 1.165) is 13.1 Å². The van der Waals surface area contributed by atoms with Crippen molar-refractivity contribution in [3.8, 4) is 0 Å². The SMILES string of the molecule is CC(C)(C)NC(=O)CC(CN)N1CCCCC1. The van der Waals surface area contributed by atoms with Gasteiger partial charge in [-0.15, -0.1) is 0 Å².